The summed E-state index contributed by atoms with van der Waals surface area (Å²) in [6, 6.07) is 0.190. The summed E-state index contributed by atoms with van der Waals surface area (Å²) in [6.07, 6.45) is 1.21. The fraction of sp³-hybridized carbons (Fsp3) is 1.00. The van der Waals surface area contributed by atoms with Gasteiger partial charge in [0.25, 0.3) is 0 Å². The van der Waals surface area contributed by atoms with E-state index in [1.54, 1.807) is 0 Å². The fourth-order valence-electron chi connectivity index (χ4n) is 1.46. The highest BCUT2D eigenvalue weighted by Crippen LogP contribution is 2.13. The van der Waals surface area contributed by atoms with Crippen LogP contribution < -0.4 is 5.32 Å². The van der Waals surface area contributed by atoms with Gasteiger partial charge in [0.05, 0.1) is 0 Å². The smallest absolute Gasteiger partial charge is 0.140 e. The molecule has 0 aromatic carbocycles. The summed E-state index contributed by atoms with van der Waals surface area (Å²) in [4.78, 5) is 0. The van der Waals surface area contributed by atoms with E-state index in [2.05, 4.69) is 5.32 Å². The number of halogens is 1. The summed E-state index contributed by atoms with van der Waals surface area (Å²) in [6.45, 7) is 0.425. The van der Waals surface area contributed by atoms with Crippen molar-refractivity contribution in [1.29, 1.82) is 0 Å². The lowest BCUT2D eigenvalue weighted by Gasteiger charge is -2.06. The normalized spacial score (nSPS) is 29.8. The largest absolute Gasteiger partial charge is 0.311 e. The molecule has 72 valence electrons. The third kappa shape index (κ3) is 3.49. The molecule has 1 aliphatic rings. The Labute approximate surface area is 73.3 Å². The number of alkyl halides is 1. The van der Waals surface area contributed by atoms with Gasteiger partial charge in [0.15, 0.2) is 0 Å². The molecule has 0 spiro atoms. The topological polar surface area (TPSA) is 46.2 Å². The van der Waals surface area contributed by atoms with Crippen molar-refractivity contribution >= 4 is 10.7 Å². The van der Waals surface area contributed by atoms with Crippen molar-refractivity contribution in [1.82, 2.24) is 5.32 Å². The van der Waals surface area contributed by atoms with Crippen molar-refractivity contribution < 1.29 is 12.8 Å². The molecule has 0 aliphatic carbocycles. The standard InChI is InChI=1S/C7H14FNO2S/c8-6-4-7(9-5-6)2-1-3-12(10)11/h6-7,9,12H,1-5H2/t6-,7-/m1/s1. The maximum atomic E-state index is 12.6. The lowest BCUT2D eigenvalue weighted by atomic mass is 10.1. The lowest BCUT2D eigenvalue weighted by Crippen LogP contribution is -2.21. The molecule has 1 heterocycles. The van der Waals surface area contributed by atoms with Crippen molar-refractivity contribution in [3.05, 3.63) is 0 Å². The van der Waals surface area contributed by atoms with Gasteiger partial charge in [0.2, 0.25) is 0 Å². The van der Waals surface area contributed by atoms with E-state index in [0.29, 0.717) is 19.4 Å². The van der Waals surface area contributed by atoms with Crippen LogP contribution in [0.5, 0.6) is 0 Å². The van der Waals surface area contributed by atoms with E-state index in [4.69, 9.17) is 0 Å². The van der Waals surface area contributed by atoms with Gasteiger partial charge in [-0.05, 0) is 19.3 Å². The number of hydrogen-bond donors (Lipinski definition) is 2. The molecule has 0 unspecified atom stereocenters. The fourth-order valence-corrected chi connectivity index (χ4v) is 1.90. The van der Waals surface area contributed by atoms with Gasteiger partial charge < -0.3 is 5.32 Å². The molecule has 3 nitrogen and oxygen atoms in total. The van der Waals surface area contributed by atoms with E-state index < -0.39 is 16.9 Å². The molecule has 1 aliphatic heterocycles. The average Bonchev–Trinajstić information content (AvgIpc) is 2.35. The molecule has 1 fully saturated rings. The minimum Gasteiger partial charge on any atom is -0.311 e. The Bertz CT molecular complexity index is 200. The minimum atomic E-state index is -2.25. The first-order valence-electron chi connectivity index (χ1n) is 4.17. The molecule has 0 bridgehead atoms. The summed E-state index contributed by atoms with van der Waals surface area (Å²) in [7, 11) is -2.25. The lowest BCUT2D eigenvalue weighted by molar-refractivity contribution is 0.353. The van der Waals surface area contributed by atoms with E-state index in [9.17, 15) is 12.8 Å². The summed E-state index contributed by atoms with van der Waals surface area (Å²) in [5.41, 5.74) is 0. The van der Waals surface area contributed by atoms with Crippen LogP contribution in [0.15, 0.2) is 0 Å². The summed E-state index contributed by atoms with van der Waals surface area (Å²) in [5, 5.41) is 3.01. The first-order chi connectivity index (χ1) is 5.68. The van der Waals surface area contributed by atoms with Gasteiger partial charge in [-0.25, -0.2) is 12.8 Å². The zero-order chi connectivity index (χ0) is 8.97. The zero-order valence-electron chi connectivity index (χ0n) is 6.83. The van der Waals surface area contributed by atoms with E-state index in [1.165, 1.54) is 0 Å². The van der Waals surface area contributed by atoms with Gasteiger partial charge in [-0.3, -0.25) is 0 Å². The third-order valence-corrected chi connectivity index (χ3v) is 2.74. The Kier molecular flexibility index (Phi) is 3.94. The summed E-state index contributed by atoms with van der Waals surface area (Å²) in [5.74, 6) is 0.227. The molecule has 0 radical (unpaired) electrons. The molecule has 5 heteroatoms. The van der Waals surface area contributed by atoms with Crippen LogP contribution in [0, 0.1) is 0 Å². The van der Waals surface area contributed by atoms with Gasteiger partial charge in [0.1, 0.15) is 16.9 Å². The summed E-state index contributed by atoms with van der Waals surface area (Å²) >= 11 is 0. The van der Waals surface area contributed by atoms with Crippen LogP contribution in [0.1, 0.15) is 19.3 Å². The first-order valence-corrected chi connectivity index (χ1v) is 5.54. The predicted octanol–water partition coefficient (Wildman–Crippen LogP) is 0.0780. The number of nitrogens with one attached hydrogen (secondary N) is 1. The zero-order valence-corrected chi connectivity index (χ0v) is 7.73. The second kappa shape index (κ2) is 4.77. The van der Waals surface area contributed by atoms with Crippen molar-refractivity contribution in [3.63, 3.8) is 0 Å². The Morgan fingerprint density at radius 2 is 2.25 bits per heavy atom. The molecule has 2 atom stereocenters. The highest BCUT2D eigenvalue weighted by molar-refractivity contribution is 7.72. The van der Waals surface area contributed by atoms with Crippen LogP contribution >= 0.6 is 0 Å². The van der Waals surface area contributed by atoms with Crippen LogP contribution in [0.4, 0.5) is 4.39 Å². The number of hydrogen-bond acceptors (Lipinski definition) is 3. The summed E-state index contributed by atoms with van der Waals surface area (Å²) < 4.78 is 32.9. The second-order valence-corrected chi connectivity index (χ2v) is 4.25. The Morgan fingerprint density at radius 3 is 2.75 bits per heavy atom. The molecule has 0 aromatic rings. The maximum absolute atomic E-state index is 12.6. The van der Waals surface area contributed by atoms with Crippen LogP contribution in [0.2, 0.25) is 0 Å². The highest BCUT2D eigenvalue weighted by atomic mass is 32.2. The van der Waals surface area contributed by atoms with Crippen LogP contribution in [-0.4, -0.2) is 32.9 Å². The highest BCUT2D eigenvalue weighted by Gasteiger charge is 2.22. The Balaban J connectivity index is 2.08. The third-order valence-electron chi connectivity index (χ3n) is 2.06. The number of thiol groups is 1. The Morgan fingerprint density at radius 1 is 1.50 bits per heavy atom. The molecule has 0 saturated carbocycles. The maximum Gasteiger partial charge on any atom is 0.140 e. The van der Waals surface area contributed by atoms with Crippen molar-refractivity contribution in [2.24, 2.45) is 0 Å². The molecule has 1 saturated heterocycles. The molecule has 1 rings (SSSR count). The van der Waals surface area contributed by atoms with E-state index >= 15 is 0 Å². The monoisotopic (exact) mass is 195 g/mol. The van der Waals surface area contributed by atoms with Gasteiger partial charge in [-0.1, -0.05) is 0 Å². The molecule has 0 aromatic heterocycles. The van der Waals surface area contributed by atoms with E-state index in [0.717, 1.165) is 6.42 Å². The second-order valence-electron chi connectivity index (χ2n) is 3.14. The predicted molar refractivity (Wildman–Crippen MR) is 45.7 cm³/mol. The quantitative estimate of drug-likeness (QED) is 0.624. The molecular formula is C7H14FNO2S. The van der Waals surface area contributed by atoms with Gasteiger partial charge in [-0.2, -0.15) is 0 Å². The van der Waals surface area contributed by atoms with Crippen LogP contribution in [0.3, 0.4) is 0 Å². The van der Waals surface area contributed by atoms with Gasteiger partial charge in [0, 0.05) is 18.3 Å². The molecule has 0 amide bonds. The Hall–Kier alpha value is -0.160. The first kappa shape index (κ1) is 9.92. The van der Waals surface area contributed by atoms with Crippen LogP contribution in [0.25, 0.3) is 0 Å². The van der Waals surface area contributed by atoms with E-state index in [-0.39, 0.29) is 11.8 Å². The minimum absolute atomic E-state index is 0.190. The molecular weight excluding hydrogens is 181 g/mol. The number of rotatable bonds is 4. The van der Waals surface area contributed by atoms with Crippen molar-refractivity contribution in [2.45, 2.75) is 31.5 Å². The molecule has 12 heavy (non-hydrogen) atoms. The van der Waals surface area contributed by atoms with Gasteiger partial charge >= 0.3 is 0 Å². The van der Waals surface area contributed by atoms with Crippen molar-refractivity contribution in [3.8, 4) is 0 Å². The average molecular weight is 195 g/mol. The van der Waals surface area contributed by atoms with Gasteiger partial charge in [-0.15, -0.1) is 0 Å². The van der Waals surface area contributed by atoms with E-state index in [1.807, 2.05) is 0 Å². The SMILES string of the molecule is O=[SH](=O)CCC[C@@H]1C[C@@H](F)CN1. The van der Waals surface area contributed by atoms with Crippen LogP contribution in [-0.2, 0) is 10.7 Å². The van der Waals surface area contributed by atoms with Crippen molar-refractivity contribution in [2.75, 3.05) is 12.3 Å². The molecule has 1 N–H and O–H groups in total.